The first-order valence-electron chi connectivity index (χ1n) is 9.59. The Hall–Kier alpha value is -3.59. The van der Waals surface area contributed by atoms with Crippen LogP contribution < -0.4 is 14.4 Å². The number of aryl methyl sites for hydroxylation is 1. The minimum atomic E-state index is -3.84. The zero-order valence-corrected chi connectivity index (χ0v) is 18.3. The maximum atomic E-state index is 13.3. The topological polar surface area (TPSA) is 93.5 Å². The summed E-state index contributed by atoms with van der Waals surface area (Å²) in [6, 6.07) is 15.0. The largest absolute Gasteiger partial charge is 0.495 e. The highest BCUT2D eigenvalue weighted by Gasteiger charge is 2.25. The number of hydrogen-bond acceptors (Lipinski definition) is 5. The van der Waals surface area contributed by atoms with Crippen LogP contribution in [-0.2, 0) is 21.9 Å². The number of rotatable bonds is 8. The molecule has 0 radical (unpaired) electrons. The number of sulfonamides is 1. The molecule has 1 aromatic heterocycles. The molecule has 0 bridgehead atoms. The van der Waals surface area contributed by atoms with Crippen LogP contribution in [0.5, 0.6) is 5.75 Å². The summed E-state index contributed by atoms with van der Waals surface area (Å²) >= 11 is 0. The van der Waals surface area contributed by atoms with Gasteiger partial charge in [-0.1, -0.05) is 18.2 Å². The number of anilines is 2. The second kappa shape index (κ2) is 9.48. The van der Waals surface area contributed by atoms with Crippen molar-refractivity contribution >= 4 is 33.4 Å². The molecule has 31 heavy (non-hydrogen) atoms. The monoisotopic (exact) mass is 440 g/mol. The highest BCUT2D eigenvalue weighted by Crippen LogP contribution is 2.30. The molecule has 0 saturated heterocycles. The SMILES string of the molecule is CCN(c1ccccc1)S(=O)(=O)c1ccc(OC)c(NC(=O)C=Cc2ccnn2C)c1. The molecule has 0 saturated carbocycles. The summed E-state index contributed by atoms with van der Waals surface area (Å²) in [5, 5.41) is 6.73. The molecule has 9 heteroatoms. The Bertz CT molecular complexity index is 1190. The van der Waals surface area contributed by atoms with Gasteiger partial charge in [-0.15, -0.1) is 0 Å². The Kier molecular flexibility index (Phi) is 6.76. The first kappa shape index (κ1) is 22.1. The van der Waals surface area contributed by atoms with E-state index in [1.807, 2.05) is 6.07 Å². The summed E-state index contributed by atoms with van der Waals surface area (Å²) in [6.07, 6.45) is 4.59. The minimum absolute atomic E-state index is 0.0462. The third-order valence-electron chi connectivity index (χ3n) is 4.61. The van der Waals surface area contributed by atoms with E-state index >= 15 is 0 Å². The van der Waals surface area contributed by atoms with Crippen molar-refractivity contribution in [2.24, 2.45) is 7.05 Å². The maximum absolute atomic E-state index is 13.3. The van der Waals surface area contributed by atoms with Crippen molar-refractivity contribution in [2.45, 2.75) is 11.8 Å². The first-order valence-corrected chi connectivity index (χ1v) is 11.0. The highest BCUT2D eigenvalue weighted by atomic mass is 32.2. The standard InChI is InChI=1S/C22H24N4O4S/c1-4-26(18-8-6-5-7-9-18)31(28,29)19-11-12-21(30-3)20(16-19)24-22(27)13-10-17-14-15-23-25(17)2/h5-16H,4H2,1-3H3,(H,24,27). The molecule has 162 valence electrons. The molecule has 0 spiro atoms. The Morgan fingerprint density at radius 1 is 1.19 bits per heavy atom. The van der Waals surface area contributed by atoms with Crippen LogP contribution in [0.25, 0.3) is 6.08 Å². The van der Waals surface area contributed by atoms with Crippen LogP contribution in [0.15, 0.2) is 71.8 Å². The van der Waals surface area contributed by atoms with Gasteiger partial charge in [-0.3, -0.25) is 13.8 Å². The van der Waals surface area contributed by atoms with Crippen molar-refractivity contribution in [1.29, 1.82) is 0 Å². The molecule has 0 fully saturated rings. The third-order valence-corrected chi connectivity index (χ3v) is 6.51. The summed E-state index contributed by atoms with van der Waals surface area (Å²) in [4.78, 5) is 12.5. The summed E-state index contributed by atoms with van der Waals surface area (Å²) in [5.74, 6) is -0.0755. The van der Waals surface area contributed by atoms with E-state index in [9.17, 15) is 13.2 Å². The number of carbonyl (C=O) groups is 1. The van der Waals surface area contributed by atoms with Gasteiger partial charge in [-0.05, 0) is 49.4 Å². The number of nitrogens with one attached hydrogen (secondary N) is 1. The van der Waals surface area contributed by atoms with Crippen LogP contribution in [0, 0.1) is 0 Å². The van der Waals surface area contributed by atoms with Crippen LogP contribution in [0.3, 0.4) is 0 Å². The van der Waals surface area contributed by atoms with E-state index in [1.165, 1.54) is 35.7 Å². The quantitative estimate of drug-likeness (QED) is 0.543. The van der Waals surface area contributed by atoms with E-state index in [0.29, 0.717) is 11.4 Å². The molecule has 1 heterocycles. The molecule has 0 aliphatic carbocycles. The molecule has 3 rings (SSSR count). The van der Waals surface area contributed by atoms with Crippen molar-refractivity contribution in [3.8, 4) is 5.75 Å². The zero-order valence-electron chi connectivity index (χ0n) is 17.5. The fraction of sp³-hybridized carbons (Fsp3) is 0.182. The fourth-order valence-electron chi connectivity index (χ4n) is 3.04. The highest BCUT2D eigenvalue weighted by molar-refractivity contribution is 7.92. The van der Waals surface area contributed by atoms with Gasteiger partial charge in [0.05, 0.1) is 29.1 Å². The fourth-order valence-corrected chi connectivity index (χ4v) is 4.54. The number of para-hydroxylation sites is 1. The Labute approximate surface area is 181 Å². The van der Waals surface area contributed by atoms with Crippen molar-refractivity contribution in [1.82, 2.24) is 9.78 Å². The second-order valence-electron chi connectivity index (χ2n) is 6.57. The Balaban J connectivity index is 1.90. The van der Waals surface area contributed by atoms with Crippen LogP contribution in [0.1, 0.15) is 12.6 Å². The average Bonchev–Trinajstić information content (AvgIpc) is 3.18. The van der Waals surface area contributed by atoms with E-state index in [2.05, 4.69) is 10.4 Å². The number of amides is 1. The summed E-state index contributed by atoms with van der Waals surface area (Å²) in [5.41, 5.74) is 1.57. The van der Waals surface area contributed by atoms with Gasteiger partial charge in [0.15, 0.2) is 0 Å². The van der Waals surface area contributed by atoms with Gasteiger partial charge in [0.1, 0.15) is 5.75 Å². The van der Waals surface area contributed by atoms with Gasteiger partial charge in [0.25, 0.3) is 10.0 Å². The van der Waals surface area contributed by atoms with Crippen LogP contribution in [-0.4, -0.2) is 37.8 Å². The lowest BCUT2D eigenvalue weighted by Crippen LogP contribution is -2.30. The van der Waals surface area contributed by atoms with Gasteiger partial charge in [0.2, 0.25) is 5.91 Å². The van der Waals surface area contributed by atoms with E-state index < -0.39 is 15.9 Å². The number of nitrogens with zero attached hydrogens (tertiary/aromatic N) is 3. The molecule has 0 aliphatic heterocycles. The summed E-state index contributed by atoms with van der Waals surface area (Å²) < 4.78 is 34.8. The molecule has 1 amide bonds. The van der Waals surface area contributed by atoms with Crippen molar-refractivity contribution in [3.63, 3.8) is 0 Å². The van der Waals surface area contributed by atoms with E-state index in [0.717, 1.165) is 5.69 Å². The Morgan fingerprint density at radius 3 is 2.55 bits per heavy atom. The van der Waals surface area contributed by atoms with Crippen molar-refractivity contribution < 1.29 is 17.9 Å². The molecule has 0 unspecified atom stereocenters. The van der Waals surface area contributed by atoms with E-state index in [1.54, 1.807) is 61.3 Å². The maximum Gasteiger partial charge on any atom is 0.264 e. The average molecular weight is 441 g/mol. The van der Waals surface area contributed by atoms with Gasteiger partial charge in [-0.2, -0.15) is 5.10 Å². The van der Waals surface area contributed by atoms with E-state index in [-0.39, 0.29) is 17.1 Å². The molecule has 0 atom stereocenters. The number of carbonyl (C=O) groups excluding carboxylic acids is 1. The van der Waals surface area contributed by atoms with Crippen LogP contribution >= 0.6 is 0 Å². The van der Waals surface area contributed by atoms with Gasteiger partial charge < -0.3 is 10.1 Å². The lowest BCUT2D eigenvalue weighted by molar-refractivity contribution is -0.111. The molecular weight excluding hydrogens is 416 g/mol. The van der Waals surface area contributed by atoms with Crippen LogP contribution in [0.4, 0.5) is 11.4 Å². The lowest BCUT2D eigenvalue weighted by Gasteiger charge is -2.23. The smallest absolute Gasteiger partial charge is 0.264 e. The number of methoxy groups -OCH3 is 1. The number of hydrogen-bond donors (Lipinski definition) is 1. The Morgan fingerprint density at radius 2 is 1.94 bits per heavy atom. The van der Waals surface area contributed by atoms with Crippen molar-refractivity contribution in [3.05, 3.63) is 72.6 Å². The molecule has 2 aromatic carbocycles. The minimum Gasteiger partial charge on any atom is -0.495 e. The molecular formula is C22H24N4O4S. The number of aromatic nitrogens is 2. The number of benzene rings is 2. The molecule has 3 aromatic rings. The molecule has 0 aliphatic rings. The van der Waals surface area contributed by atoms with E-state index in [4.69, 9.17) is 4.74 Å². The van der Waals surface area contributed by atoms with Crippen molar-refractivity contribution in [2.75, 3.05) is 23.3 Å². The second-order valence-corrected chi connectivity index (χ2v) is 8.43. The van der Waals surface area contributed by atoms with Gasteiger partial charge in [0, 0.05) is 25.9 Å². The zero-order chi connectivity index (χ0) is 22.4. The predicted molar refractivity (Wildman–Crippen MR) is 121 cm³/mol. The van der Waals surface area contributed by atoms with Gasteiger partial charge >= 0.3 is 0 Å². The third kappa shape index (κ3) is 4.95. The summed E-state index contributed by atoms with van der Waals surface area (Å²) in [7, 11) is -0.628. The van der Waals surface area contributed by atoms with Gasteiger partial charge in [-0.25, -0.2) is 8.42 Å². The molecule has 1 N–H and O–H groups in total. The molecule has 8 nitrogen and oxygen atoms in total. The van der Waals surface area contributed by atoms with Crippen LogP contribution in [0.2, 0.25) is 0 Å². The normalized spacial score (nSPS) is 11.5. The summed E-state index contributed by atoms with van der Waals surface area (Å²) in [6.45, 7) is 2.02. The first-order chi connectivity index (χ1) is 14.9. The predicted octanol–water partition coefficient (Wildman–Crippen LogP) is 3.30. The number of ether oxygens (including phenoxy) is 1. The lowest BCUT2D eigenvalue weighted by atomic mass is 10.3.